The molecule has 0 bridgehead atoms. The number of hydrogen-bond acceptors (Lipinski definition) is 2. The van der Waals surface area contributed by atoms with E-state index in [1.807, 2.05) is 0 Å². The van der Waals surface area contributed by atoms with E-state index in [-0.39, 0.29) is 0 Å². The Labute approximate surface area is 114 Å². The molecule has 0 atom stereocenters. The van der Waals surface area contributed by atoms with Gasteiger partial charge in [0.05, 0.1) is 0 Å². The van der Waals surface area contributed by atoms with E-state index in [4.69, 9.17) is 5.73 Å². The lowest BCUT2D eigenvalue weighted by atomic mass is 10.1. The molecule has 1 aliphatic carbocycles. The quantitative estimate of drug-likeness (QED) is 0.884. The van der Waals surface area contributed by atoms with E-state index in [0.29, 0.717) is 6.54 Å². The van der Waals surface area contributed by atoms with Crippen LogP contribution in [0.3, 0.4) is 0 Å². The van der Waals surface area contributed by atoms with Gasteiger partial charge in [0.1, 0.15) is 0 Å². The Morgan fingerprint density at radius 3 is 2.79 bits per heavy atom. The van der Waals surface area contributed by atoms with Crippen molar-refractivity contribution in [2.24, 2.45) is 12.8 Å². The second-order valence-corrected chi connectivity index (χ2v) is 5.65. The molecular weight excluding hydrogens is 234 g/mol. The van der Waals surface area contributed by atoms with Gasteiger partial charge in [-0.25, -0.2) is 0 Å². The monoisotopic (exact) mass is 257 g/mol. The zero-order valence-electron chi connectivity index (χ0n) is 11.7. The highest BCUT2D eigenvalue weighted by molar-refractivity contribution is 5.82. The van der Waals surface area contributed by atoms with E-state index >= 15 is 0 Å². The number of aryl methyl sites for hydroxylation is 1. The smallest absolute Gasteiger partial charge is 0.0480 e. The number of nitrogens with one attached hydrogen (secondary N) is 1. The Balaban J connectivity index is 1.80. The molecule has 19 heavy (non-hydrogen) atoms. The maximum absolute atomic E-state index is 5.71. The highest BCUT2D eigenvalue weighted by Crippen LogP contribution is 2.22. The van der Waals surface area contributed by atoms with Gasteiger partial charge in [-0.1, -0.05) is 18.9 Å². The van der Waals surface area contributed by atoms with Crippen LogP contribution in [0.15, 0.2) is 24.3 Å². The first-order chi connectivity index (χ1) is 9.28. The van der Waals surface area contributed by atoms with E-state index in [9.17, 15) is 0 Å². The summed E-state index contributed by atoms with van der Waals surface area (Å²) in [5.41, 5.74) is 9.56. The summed E-state index contributed by atoms with van der Waals surface area (Å²) in [5.74, 6) is 0. The molecule has 0 aliphatic heterocycles. The molecule has 1 fully saturated rings. The minimum atomic E-state index is 0.612. The largest absolute Gasteiger partial charge is 0.346 e. The Morgan fingerprint density at radius 2 is 2.05 bits per heavy atom. The number of hydrogen-bond donors (Lipinski definition) is 2. The average Bonchev–Trinajstić information content (AvgIpc) is 3.04. The second kappa shape index (κ2) is 5.35. The maximum atomic E-state index is 5.71. The number of nitrogens with zero attached hydrogens (tertiary/aromatic N) is 1. The van der Waals surface area contributed by atoms with Gasteiger partial charge in [-0.15, -0.1) is 0 Å². The summed E-state index contributed by atoms with van der Waals surface area (Å²) in [6.07, 6.45) is 5.43. The molecule has 102 valence electrons. The van der Waals surface area contributed by atoms with Crippen LogP contribution in [0.2, 0.25) is 0 Å². The first-order valence-corrected chi connectivity index (χ1v) is 7.28. The molecule has 3 N–H and O–H groups in total. The number of fused-ring (bicyclic) bond motifs is 1. The minimum Gasteiger partial charge on any atom is -0.346 e. The first-order valence-electron chi connectivity index (χ1n) is 7.28. The predicted molar refractivity (Wildman–Crippen MR) is 79.9 cm³/mol. The van der Waals surface area contributed by atoms with Crippen LogP contribution in [-0.4, -0.2) is 10.6 Å². The van der Waals surface area contributed by atoms with Crippen LogP contribution < -0.4 is 11.1 Å². The maximum Gasteiger partial charge on any atom is 0.0480 e. The van der Waals surface area contributed by atoms with Gasteiger partial charge in [-0.3, -0.25) is 0 Å². The van der Waals surface area contributed by atoms with Crippen molar-refractivity contribution < 1.29 is 0 Å². The lowest BCUT2D eigenvalue weighted by molar-refractivity contribution is 0.514. The van der Waals surface area contributed by atoms with Gasteiger partial charge in [-0.2, -0.15) is 0 Å². The zero-order chi connectivity index (χ0) is 13.2. The predicted octanol–water partition coefficient (Wildman–Crippen LogP) is 2.67. The molecule has 1 aromatic heterocycles. The summed E-state index contributed by atoms with van der Waals surface area (Å²) >= 11 is 0. The van der Waals surface area contributed by atoms with Crippen molar-refractivity contribution in [3.8, 4) is 0 Å². The molecule has 0 radical (unpaired) electrons. The summed E-state index contributed by atoms with van der Waals surface area (Å²) < 4.78 is 2.29. The lowest BCUT2D eigenvalue weighted by Gasteiger charge is -2.12. The standard InChI is InChI=1S/C16H23N3/c1-19-15(11-18-14-4-2-3-5-14)9-13-8-12(10-17)6-7-16(13)19/h6-9,14,18H,2-5,10-11,17H2,1H3. The van der Waals surface area contributed by atoms with Crippen LogP contribution in [0.5, 0.6) is 0 Å². The zero-order valence-corrected chi connectivity index (χ0v) is 11.7. The Bertz CT molecular complexity index is 565. The molecule has 1 aromatic carbocycles. The van der Waals surface area contributed by atoms with Gasteiger partial charge in [0.25, 0.3) is 0 Å². The minimum absolute atomic E-state index is 0.612. The van der Waals surface area contributed by atoms with E-state index in [1.54, 1.807) is 0 Å². The molecule has 1 heterocycles. The average molecular weight is 257 g/mol. The third-order valence-electron chi connectivity index (χ3n) is 4.37. The summed E-state index contributed by atoms with van der Waals surface area (Å²) in [4.78, 5) is 0. The fraction of sp³-hybridized carbons (Fsp3) is 0.500. The Hall–Kier alpha value is -1.32. The normalized spacial score (nSPS) is 16.5. The van der Waals surface area contributed by atoms with Crippen LogP contribution in [-0.2, 0) is 20.1 Å². The molecule has 3 heteroatoms. The van der Waals surface area contributed by atoms with Crippen LogP contribution >= 0.6 is 0 Å². The van der Waals surface area contributed by atoms with E-state index < -0.39 is 0 Å². The van der Waals surface area contributed by atoms with Gasteiger partial charge in [0.15, 0.2) is 0 Å². The second-order valence-electron chi connectivity index (χ2n) is 5.65. The molecule has 0 saturated heterocycles. The highest BCUT2D eigenvalue weighted by atomic mass is 15.0. The molecule has 1 aliphatic rings. The summed E-state index contributed by atoms with van der Waals surface area (Å²) in [5, 5.41) is 4.98. The van der Waals surface area contributed by atoms with Crippen molar-refractivity contribution in [1.82, 2.24) is 9.88 Å². The summed E-state index contributed by atoms with van der Waals surface area (Å²) in [7, 11) is 2.15. The summed E-state index contributed by atoms with van der Waals surface area (Å²) in [6, 6.07) is 9.51. The number of aromatic nitrogens is 1. The Kier molecular flexibility index (Phi) is 3.58. The fourth-order valence-electron chi connectivity index (χ4n) is 3.13. The van der Waals surface area contributed by atoms with Crippen LogP contribution in [0.25, 0.3) is 10.9 Å². The van der Waals surface area contributed by atoms with Crippen molar-refractivity contribution in [2.75, 3.05) is 0 Å². The van der Waals surface area contributed by atoms with Gasteiger partial charge in [0, 0.05) is 42.8 Å². The number of benzene rings is 1. The van der Waals surface area contributed by atoms with Gasteiger partial charge in [-0.05, 0) is 36.6 Å². The molecular formula is C16H23N3. The number of nitrogens with two attached hydrogens (primary N) is 1. The van der Waals surface area contributed by atoms with Crippen molar-refractivity contribution in [2.45, 2.75) is 44.8 Å². The highest BCUT2D eigenvalue weighted by Gasteiger charge is 2.15. The Morgan fingerprint density at radius 1 is 1.26 bits per heavy atom. The topological polar surface area (TPSA) is 43.0 Å². The molecule has 1 saturated carbocycles. The summed E-state index contributed by atoms with van der Waals surface area (Å²) in [6.45, 7) is 1.58. The molecule has 2 aromatic rings. The SMILES string of the molecule is Cn1c(CNC2CCCC2)cc2cc(CN)ccc21. The van der Waals surface area contributed by atoms with Crippen molar-refractivity contribution >= 4 is 10.9 Å². The van der Waals surface area contributed by atoms with E-state index in [1.165, 1.54) is 47.8 Å². The van der Waals surface area contributed by atoms with Crippen LogP contribution in [0.1, 0.15) is 36.9 Å². The van der Waals surface area contributed by atoms with Crippen LogP contribution in [0, 0.1) is 0 Å². The van der Waals surface area contributed by atoms with Crippen molar-refractivity contribution in [3.63, 3.8) is 0 Å². The van der Waals surface area contributed by atoms with Crippen molar-refractivity contribution in [1.29, 1.82) is 0 Å². The first kappa shape index (κ1) is 12.7. The fourth-order valence-corrected chi connectivity index (χ4v) is 3.13. The molecule has 0 unspecified atom stereocenters. The van der Waals surface area contributed by atoms with Gasteiger partial charge < -0.3 is 15.6 Å². The van der Waals surface area contributed by atoms with E-state index in [2.05, 4.69) is 41.2 Å². The molecule has 3 nitrogen and oxygen atoms in total. The van der Waals surface area contributed by atoms with Crippen molar-refractivity contribution in [3.05, 3.63) is 35.5 Å². The third-order valence-corrected chi connectivity index (χ3v) is 4.37. The van der Waals surface area contributed by atoms with E-state index in [0.717, 1.165) is 12.6 Å². The number of rotatable bonds is 4. The van der Waals surface area contributed by atoms with Gasteiger partial charge >= 0.3 is 0 Å². The lowest BCUT2D eigenvalue weighted by Crippen LogP contribution is -2.26. The van der Waals surface area contributed by atoms with Crippen LogP contribution in [0.4, 0.5) is 0 Å². The van der Waals surface area contributed by atoms with Gasteiger partial charge in [0.2, 0.25) is 0 Å². The molecule has 3 rings (SSSR count). The molecule has 0 spiro atoms. The molecule has 0 amide bonds. The third kappa shape index (κ3) is 2.53.